The summed E-state index contributed by atoms with van der Waals surface area (Å²) in [6.07, 6.45) is -2.07. The lowest BCUT2D eigenvalue weighted by atomic mass is 9.95. The molecule has 0 spiro atoms. The Morgan fingerprint density at radius 1 is 1.15 bits per heavy atom. The van der Waals surface area contributed by atoms with Gasteiger partial charge in [-0.3, -0.25) is 4.79 Å². The van der Waals surface area contributed by atoms with Gasteiger partial charge in [-0.25, -0.2) is 9.18 Å². The molecule has 1 N–H and O–H groups in total. The number of amides is 3. The van der Waals surface area contributed by atoms with Crippen LogP contribution in [-0.2, 0) is 11.3 Å². The number of halogens is 4. The van der Waals surface area contributed by atoms with Crippen molar-refractivity contribution >= 4 is 23.2 Å². The van der Waals surface area contributed by atoms with Gasteiger partial charge in [0.2, 0.25) is 5.91 Å². The predicted octanol–water partition coefficient (Wildman–Crippen LogP) is 4.39. The number of hydrogen-bond donors (Lipinski definition) is 1. The second-order valence-electron chi connectivity index (χ2n) is 8.33. The van der Waals surface area contributed by atoms with Gasteiger partial charge < -0.3 is 19.9 Å². The molecule has 5 rings (SSSR count). The highest BCUT2D eigenvalue weighted by molar-refractivity contribution is 5.95. The van der Waals surface area contributed by atoms with Crippen LogP contribution in [0, 0.1) is 11.7 Å². The van der Waals surface area contributed by atoms with E-state index in [4.69, 9.17) is 0 Å². The quantitative estimate of drug-likeness (QED) is 0.688. The Morgan fingerprint density at radius 2 is 1.91 bits per heavy atom. The van der Waals surface area contributed by atoms with Gasteiger partial charge in [0.1, 0.15) is 18.1 Å². The number of likely N-dealkylation sites (tertiary alicyclic amines) is 1. The van der Waals surface area contributed by atoms with E-state index < -0.39 is 18.2 Å². The standard InChI is InChI=1S/C23H19F4N3O3/c24-16-3-6-20-15(7-16)10-29(22(32)28-20)12-21(31)30-11-14-8-17(30)9-19(14)13-1-4-18(5-2-13)33-23(25,26)27/h1-7,9,14,17H,8,10-12H2,(H,28,32)/t14-,17-/m0/s1. The largest absolute Gasteiger partial charge is 0.573 e. The monoisotopic (exact) mass is 461 g/mol. The molecule has 0 radical (unpaired) electrons. The molecule has 6 nitrogen and oxygen atoms in total. The molecule has 1 aliphatic carbocycles. The molecular weight excluding hydrogens is 442 g/mol. The fourth-order valence-corrected chi connectivity index (χ4v) is 4.73. The average Bonchev–Trinajstić information content (AvgIpc) is 3.35. The first-order valence-electron chi connectivity index (χ1n) is 10.4. The molecule has 1 saturated heterocycles. The number of rotatable bonds is 4. The van der Waals surface area contributed by atoms with E-state index >= 15 is 0 Å². The summed E-state index contributed by atoms with van der Waals surface area (Å²) in [7, 11) is 0. The summed E-state index contributed by atoms with van der Waals surface area (Å²) in [4.78, 5) is 28.3. The molecule has 2 aliphatic heterocycles. The Hall–Kier alpha value is -3.56. The third kappa shape index (κ3) is 4.24. The molecule has 10 heteroatoms. The highest BCUT2D eigenvalue weighted by Crippen LogP contribution is 2.43. The Bertz CT molecular complexity index is 1150. The van der Waals surface area contributed by atoms with Gasteiger partial charge in [-0.15, -0.1) is 13.2 Å². The van der Waals surface area contributed by atoms with E-state index in [2.05, 4.69) is 10.1 Å². The van der Waals surface area contributed by atoms with Crippen LogP contribution in [0.4, 0.5) is 28.0 Å². The van der Waals surface area contributed by atoms with E-state index in [0.29, 0.717) is 17.8 Å². The van der Waals surface area contributed by atoms with Gasteiger partial charge in [-0.1, -0.05) is 18.2 Å². The Labute approximate surface area is 186 Å². The summed E-state index contributed by atoms with van der Waals surface area (Å²) in [6.45, 7) is 0.481. The molecular formula is C23H19F4N3O3. The molecule has 2 aromatic carbocycles. The maximum Gasteiger partial charge on any atom is 0.573 e. The fourth-order valence-electron chi connectivity index (χ4n) is 4.73. The van der Waals surface area contributed by atoms with Crippen molar-refractivity contribution in [3.05, 3.63) is 65.5 Å². The number of fused-ring (bicyclic) bond motifs is 3. The molecule has 0 aromatic heterocycles. The zero-order chi connectivity index (χ0) is 23.3. The molecule has 3 aliphatic rings. The van der Waals surface area contributed by atoms with Crippen LogP contribution >= 0.6 is 0 Å². The molecule has 0 unspecified atom stereocenters. The van der Waals surface area contributed by atoms with Crippen molar-refractivity contribution in [2.75, 3.05) is 18.4 Å². The Kier molecular flexibility index (Phi) is 5.02. The SMILES string of the molecule is O=C1Nc2ccc(F)cc2CN1CC(=O)N1C[C@@H]2C[C@H]1C=C2c1ccc(OC(F)(F)F)cc1. The van der Waals surface area contributed by atoms with Crippen molar-refractivity contribution in [2.24, 2.45) is 5.92 Å². The normalized spacial score (nSPS) is 21.6. The van der Waals surface area contributed by atoms with E-state index in [1.165, 1.54) is 35.2 Å². The summed E-state index contributed by atoms with van der Waals surface area (Å²) in [5, 5.41) is 2.67. The van der Waals surface area contributed by atoms with E-state index in [9.17, 15) is 27.2 Å². The molecule has 2 aromatic rings. The first-order valence-corrected chi connectivity index (χ1v) is 10.4. The van der Waals surface area contributed by atoms with E-state index in [1.54, 1.807) is 17.0 Å². The van der Waals surface area contributed by atoms with Crippen LogP contribution in [0.2, 0.25) is 0 Å². The first-order chi connectivity index (χ1) is 15.7. The molecule has 2 bridgehead atoms. The number of nitrogens with one attached hydrogen (secondary N) is 1. The van der Waals surface area contributed by atoms with Crippen molar-refractivity contribution in [1.82, 2.24) is 9.80 Å². The number of hydrogen-bond acceptors (Lipinski definition) is 3. The second kappa shape index (κ2) is 7.79. The number of nitrogens with zero attached hydrogens (tertiary/aromatic N) is 2. The minimum absolute atomic E-state index is 0.0679. The molecule has 0 saturated carbocycles. The maximum absolute atomic E-state index is 13.5. The average molecular weight is 461 g/mol. The van der Waals surface area contributed by atoms with Gasteiger partial charge in [-0.2, -0.15) is 0 Å². The molecule has 2 atom stereocenters. The highest BCUT2D eigenvalue weighted by Gasteiger charge is 2.42. The van der Waals surface area contributed by atoms with Gasteiger partial charge in [-0.05, 0) is 53.5 Å². The van der Waals surface area contributed by atoms with Crippen molar-refractivity contribution in [3.63, 3.8) is 0 Å². The number of anilines is 1. The van der Waals surface area contributed by atoms with Crippen molar-refractivity contribution in [2.45, 2.75) is 25.4 Å². The van der Waals surface area contributed by atoms with Crippen LogP contribution in [0.25, 0.3) is 5.57 Å². The minimum Gasteiger partial charge on any atom is -0.406 e. The summed E-state index contributed by atoms with van der Waals surface area (Å²) >= 11 is 0. The number of urea groups is 1. The summed E-state index contributed by atoms with van der Waals surface area (Å²) in [5.41, 5.74) is 2.91. The van der Waals surface area contributed by atoms with Gasteiger partial charge >= 0.3 is 12.4 Å². The van der Waals surface area contributed by atoms with Crippen LogP contribution < -0.4 is 10.1 Å². The van der Waals surface area contributed by atoms with Crippen LogP contribution in [0.3, 0.4) is 0 Å². The zero-order valence-electron chi connectivity index (χ0n) is 17.2. The molecule has 1 fully saturated rings. The summed E-state index contributed by atoms with van der Waals surface area (Å²) in [5.74, 6) is -0.836. The lowest BCUT2D eigenvalue weighted by Gasteiger charge is -2.32. The first kappa shape index (κ1) is 21.3. The predicted molar refractivity (Wildman–Crippen MR) is 111 cm³/mol. The number of alkyl halides is 3. The topological polar surface area (TPSA) is 61.9 Å². The fraction of sp³-hybridized carbons (Fsp3) is 0.304. The number of benzene rings is 2. The highest BCUT2D eigenvalue weighted by atomic mass is 19.4. The van der Waals surface area contributed by atoms with Gasteiger partial charge in [0, 0.05) is 18.2 Å². The lowest BCUT2D eigenvalue weighted by molar-refractivity contribution is -0.274. The van der Waals surface area contributed by atoms with E-state index in [1.807, 2.05) is 6.08 Å². The van der Waals surface area contributed by atoms with Gasteiger partial charge in [0.25, 0.3) is 0 Å². The zero-order valence-corrected chi connectivity index (χ0v) is 17.2. The Balaban J connectivity index is 1.24. The molecule has 33 heavy (non-hydrogen) atoms. The van der Waals surface area contributed by atoms with Crippen molar-refractivity contribution < 1.29 is 31.9 Å². The van der Waals surface area contributed by atoms with E-state index in [0.717, 1.165) is 17.6 Å². The number of carbonyl (C=O) groups excluding carboxylic acids is 2. The third-order valence-corrected chi connectivity index (χ3v) is 6.18. The second-order valence-corrected chi connectivity index (χ2v) is 8.33. The van der Waals surface area contributed by atoms with Crippen LogP contribution in [0.15, 0.2) is 48.5 Å². The van der Waals surface area contributed by atoms with Crippen molar-refractivity contribution in [1.29, 1.82) is 0 Å². The lowest BCUT2D eigenvalue weighted by Crippen LogP contribution is -2.47. The van der Waals surface area contributed by atoms with Gasteiger partial charge in [0.05, 0.1) is 12.6 Å². The van der Waals surface area contributed by atoms with Crippen LogP contribution in [0.1, 0.15) is 17.5 Å². The van der Waals surface area contributed by atoms with Crippen LogP contribution in [-0.4, -0.2) is 47.2 Å². The Morgan fingerprint density at radius 3 is 2.58 bits per heavy atom. The molecule has 2 heterocycles. The maximum atomic E-state index is 13.5. The number of ether oxygens (including phenoxy) is 1. The van der Waals surface area contributed by atoms with Crippen molar-refractivity contribution in [3.8, 4) is 5.75 Å². The summed E-state index contributed by atoms with van der Waals surface area (Å²) in [6, 6.07) is 9.25. The summed E-state index contributed by atoms with van der Waals surface area (Å²) < 4.78 is 54.5. The molecule has 3 amide bonds. The third-order valence-electron chi connectivity index (χ3n) is 6.18. The molecule has 172 valence electrons. The number of carbonyl (C=O) groups is 2. The van der Waals surface area contributed by atoms with E-state index in [-0.39, 0.29) is 36.7 Å². The van der Waals surface area contributed by atoms with Crippen LogP contribution in [0.5, 0.6) is 5.75 Å². The van der Waals surface area contributed by atoms with Gasteiger partial charge in [0.15, 0.2) is 0 Å². The smallest absolute Gasteiger partial charge is 0.406 e. The minimum atomic E-state index is -4.74.